The lowest BCUT2D eigenvalue weighted by Gasteiger charge is -2.07. The molecule has 6 heteroatoms. The van der Waals surface area contributed by atoms with E-state index in [1.807, 2.05) is 11.6 Å². The van der Waals surface area contributed by atoms with Crippen LogP contribution in [0.2, 0.25) is 5.02 Å². The normalized spacial score (nSPS) is 14.5. The van der Waals surface area contributed by atoms with Crippen LogP contribution in [-0.4, -0.2) is 19.3 Å². The van der Waals surface area contributed by atoms with Crippen LogP contribution >= 0.6 is 11.6 Å². The van der Waals surface area contributed by atoms with E-state index in [9.17, 15) is 4.79 Å². The van der Waals surface area contributed by atoms with Crippen molar-refractivity contribution in [3.05, 3.63) is 91.7 Å². The minimum atomic E-state index is -0.0106. The molecule has 0 fully saturated rings. The first kappa shape index (κ1) is 19.8. The van der Waals surface area contributed by atoms with Gasteiger partial charge in [0.2, 0.25) is 0 Å². The number of fused-ring (bicyclic) bond motifs is 2. The molecule has 0 saturated carbocycles. The van der Waals surface area contributed by atoms with E-state index in [-0.39, 0.29) is 5.56 Å². The Morgan fingerprint density at radius 3 is 2.65 bits per heavy atom. The number of benzene rings is 2. The molecule has 0 aliphatic carbocycles. The zero-order chi connectivity index (χ0) is 21.7. The number of hydrogen-bond acceptors (Lipinski definition) is 3. The minimum Gasteiger partial charge on any atom is -0.292 e. The molecule has 0 unspecified atom stereocenters. The maximum absolute atomic E-state index is 12.9. The lowest BCUT2D eigenvalue weighted by atomic mass is 10.1. The lowest BCUT2D eigenvalue weighted by molar-refractivity contribution is 0.659. The summed E-state index contributed by atoms with van der Waals surface area (Å²) in [7, 11) is 0. The molecule has 0 N–H and O–H groups in total. The van der Waals surface area contributed by atoms with Crippen molar-refractivity contribution in [2.24, 2.45) is 0 Å². The smallest absolute Gasteiger partial charge is 0.261 e. The lowest BCUT2D eigenvalue weighted by Crippen LogP contribution is -2.20. The monoisotopic (exact) mass is 430 g/mol. The molecular weight excluding hydrogens is 408 g/mol. The highest BCUT2D eigenvalue weighted by molar-refractivity contribution is 6.31. The van der Waals surface area contributed by atoms with Crippen molar-refractivity contribution in [3.8, 4) is 0 Å². The van der Waals surface area contributed by atoms with E-state index in [1.54, 1.807) is 22.8 Å². The van der Waals surface area contributed by atoms with Gasteiger partial charge in [0.15, 0.2) is 0 Å². The van der Waals surface area contributed by atoms with Gasteiger partial charge >= 0.3 is 0 Å². The number of nitrogens with zero attached hydrogens (tertiary/aromatic N) is 4. The summed E-state index contributed by atoms with van der Waals surface area (Å²) in [5, 5.41) is 5.96. The predicted molar refractivity (Wildman–Crippen MR) is 125 cm³/mol. The Morgan fingerprint density at radius 1 is 1.10 bits per heavy atom. The van der Waals surface area contributed by atoms with Crippen molar-refractivity contribution in [2.75, 3.05) is 0 Å². The molecule has 2 aromatic heterocycles. The molecule has 3 heterocycles. The predicted octanol–water partition coefficient (Wildman–Crippen LogP) is 5.16. The Bertz CT molecular complexity index is 1410. The molecule has 5 nitrogen and oxygen atoms in total. The van der Waals surface area contributed by atoms with Crippen LogP contribution in [0.5, 0.6) is 0 Å². The highest BCUT2D eigenvalue weighted by atomic mass is 35.5. The summed E-state index contributed by atoms with van der Waals surface area (Å²) in [5.74, 6) is 0.727. The number of aryl methyl sites for hydroxylation is 2. The van der Waals surface area contributed by atoms with E-state index in [4.69, 9.17) is 21.7 Å². The second-order valence-electron chi connectivity index (χ2n) is 8.20. The molecule has 156 valence electrons. The van der Waals surface area contributed by atoms with Crippen molar-refractivity contribution < 1.29 is 0 Å². The molecule has 0 radical (unpaired) electrons. The average Bonchev–Trinajstić information content (AvgIpc) is 3.26. The Labute approximate surface area is 185 Å². The van der Waals surface area contributed by atoms with Crippen molar-refractivity contribution in [3.63, 3.8) is 0 Å². The van der Waals surface area contributed by atoms with Crippen LogP contribution < -0.4 is 5.56 Å². The molecule has 1 aliphatic heterocycles. The summed E-state index contributed by atoms with van der Waals surface area (Å²) < 4.78 is 3.81. The quantitative estimate of drug-likeness (QED) is 0.451. The molecule has 31 heavy (non-hydrogen) atoms. The topological polar surface area (TPSA) is 52.7 Å². The van der Waals surface area contributed by atoms with Gasteiger partial charge in [0, 0.05) is 22.8 Å². The first-order valence-electron chi connectivity index (χ1n) is 10.4. The van der Waals surface area contributed by atoms with E-state index < -0.39 is 0 Å². The third kappa shape index (κ3) is 3.49. The van der Waals surface area contributed by atoms with Crippen LogP contribution in [0, 0.1) is 20.8 Å². The third-order valence-electron chi connectivity index (χ3n) is 6.02. The minimum absolute atomic E-state index is 0.0106. The maximum atomic E-state index is 12.9. The second kappa shape index (κ2) is 7.50. The standard InChI is InChI=1S/C25H23ClN4O/c1-15-4-6-18(7-5-15)14-30-17(3)22(16(2)28-30)12-19-10-11-29-24(19)27-23-13-20(26)8-9-21(23)25(29)31/h4-9,12-13H,10-11,14H2,1-3H3/b19-12+. The van der Waals surface area contributed by atoms with Gasteiger partial charge < -0.3 is 0 Å². The largest absolute Gasteiger partial charge is 0.292 e. The zero-order valence-electron chi connectivity index (χ0n) is 17.8. The van der Waals surface area contributed by atoms with Gasteiger partial charge in [-0.15, -0.1) is 0 Å². The van der Waals surface area contributed by atoms with E-state index in [2.05, 4.69) is 44.2 Å². The number of aromatic nitrogens is 4. The molecule has 2 aromatic carbocycles. The number of hydrogen-bond donors (Lipinski definition) is 0. The number of rotatable bonds is 3. The molecule has 4 aromatic rings. The van der Waals surface area contributed by atoms with Crippen molar-refractivity contribution in [1.29, 1.82) is 0 Å². The number of allylic oxidation sites excluding steroid dienone is 1. The molecular formula is C25H23ClN4O. The van der Waals surface area contributed by atoms with Crippen LogP contribution in [0.3, 0.4) is 0 Å². The van der Waals surface area contributed by atoms with Gasteiger partial charge in [-0.2, -0.15) is 5.10 Å². The van der Waals surface area contributed by atoms with E-state index in [0.29, 0.717) is 22.5 Å². The van der Waals surface area contributed by atoms with Gasteiger partial charge in [-0.25, -0.2) is 4.98 Å². The van der Waals surface area contributed by atoms with Crippen molar-refractivity contribution in [2.45, 2.75) is 40.3 Å². The van der Waals surface area contributed by atoms with Crippen LogP contribution in [-0.2, 0) is 13.1 Å². The van der Waals surface area contributed by atoms with E-state index >= 15 is 0 Å². The van der Waals surface area contributed by atoms with E-state index in [1.165, 1.54) is 11.1 Å². The summed E-state index contributed by atoms with van der Waals surface area (Å²) >= 11 is 6.13. The molecule has 0 bridgehead atoms. The van der Waals surface area contributed by atoms with Crippen LogP contribution in [0.15, 0.2) is 47.3 Å². The summed E-state index contributed by atoms with van der Waals surface area (Å²) in [4.78, 5) is 17.7. The van der Waals surface area contributed by atoms with Gasteiger partial charge in [0.1, 0.15) is 5.82 Å². The summed E-state index contributed by atoms with van der Waals surface area (Å²) in [6, 6.07) is 13.8. The van der Waals surface area contributed by atoms with E-state index in [0.717, 1.165) is 41.3 Å². The molecule has 5 rings (SSSR count). The first-order chi connectivity index (χ1) is 14.9. The fourth-order valence-corrected chi connectivity index (χ4v) is 4.41. The molecule has 0 spiro atoms. The average molecular weight is 431 g/mol. The van der Waals surface area contributed by atoms with Gasteiger partial charge in [-0.3, -0.25) is 14.0 Å². The number of halogens is 1. The first-order valence-corrected chi connectivity index (χ1v) is 10.8. The molecule has 1 aliphatic rings. The van der Waals surface area contributed by atoms with Crippen LogP contribution in [0.4, 0.5) is 0 Å². The van der Waals surface area contributed by atoms with Gasteiger partial charge in [-0.1, -0.05) is 41.4 Å². The summed E-state index contributed by atoms with van der Waals surface area (Å²) in [5.41, 5.74) is 7.33. The molecule has 0 saturated heterocycles. The zero-order valence-corrected chi connectivity index (χ0v) is 18.6. The highest BCUT2D eigenvalue weighted by Crippen LogP contribution is 2.30. The Kier molecular flexibility index (Phi) is 4.78. The SMILES string of the molecule is Cc1ccc(Cn2nc(C)c(/C=C3\CCn4c3nc3cc(Cl)ccc3c4=O)c2C)cc1. The van der Waals surface area contributed by atoms with Crippen LogP contribution in [0.1, 0.15) is 40.3 Å². The Balaban J connectivity index is 1.56. The van der Waals surface area contributed by atoms with Gasteiger partial charge in [-0.05, 0) is 62.6 Å². The van der Waals surface area contributed by atoms with Crippen LogP contribution in [0.25, 0.3) is 22.6 Å². The fraction of sp³-hybridized carbons (Fsp3) is 0.240. The second-order valence-corrected chi connectivity index (χ2v) is 8.64. The Morgan fingerprint density at radius 2 is 1.87 bits per heavy atom. The fourth-order valence-electron chi connectivity index (χ4n) is 4.24. The van der Waals surface area contributed by atoms with Gasteiger partial charge in [0.05, 0.1) is 23.1 Å². The van der Waals surface area contributed by atoms with Gasteiger partial charge in [0.25, 0.3) is 5.56 Å². The van der Waals surface area contributed by atoms with Crippen molar-refractivity contribution in [1.82, 2.24) is 19.3 Å². The third-order valence-corrected chi connectivity index (χ3v) is 6.25. The highest BCUT2D eigenvalue weighted by Gasteiger charge is 2.22. The Hall–Kier alpha value is -3.18. The summed E-state index contributed by atoms with van der Waals surface area (Å²) in [6.45, 7) is 7.58. The molecule has 0 amide bonds. The molecule has 0 atom stereocenters. The summed E-state index contributed by atoms with van der Waals surface area (Å²) in [6.07, 6.45) is 2.92. The maximum Gasteiger partial charge on any atom is 0.261 e. The van der Waals surface area contributed by atoms with Crippen molar-refractivity contribution >= 4 is 34.2 Å².